The molecule has 3 atom stereocenters. The maximum atomic E-state index is 14.2. The molecule has 1 aromatic rings. The van der Waals surface area contributed by atoms with Crippen molar-refractivity contribution < 1.29 is 17.9 Å². The summed E-state index contributed by atoms with van der Waals surface area (Å²) in [7, 11) is 0. The lowest BCUT2D eigenvalue weighted by molar-refractivity contribution is -0.0652. The molecule has 2 aliphatic heterocycles. The van der Waals surface area contributed by atoms with Crippen molar-refractivity contribution in [2.45, 2.75) is 18.1 Å². The van der Waals surface area contributed by atoms with Crippen LogP contribution in [0.3, 0.4) is 0 Å². The average Bonchev–Trinajstić information content (AvgIpc) is 2.46. The molecule has 7 heteroatoms. The Hall–Kier alpha value is -1.21. The van der Waals surface area contributed by atoms with E-state index in [4.69, 9.17) is 10.5 Å². The van der Waals surface area contributed by atoms with Gasteiger partial charge in [0.1, 0.15) is 23.8 Å². The molecular formula is C14H15F3N2OS. The maximum Gasteiger partial charge on any atom is 0.154 e. The minimum atomic E-state index is -0.987. The number of nitrogens with zero attached hydrogens (tertiary/aromatic N) is 1. The number of hydrogen-bond acceptors (Lipinski definition) is 4. The zero-order chi connectivity index (χ0) is 15.0. The lowest BCUT2D eigenvalue weighted by Gasteiger charge is -2.45. The Balaban J connectivity index is 2.07. The topological polar surface area (TPSA) is 47.6 Å². The van der Waals surface area contributed by atoms with Crippen molar-refractivity contribution in [1.82, 2.24) is 0 Å². The number of fused-ring (bicyclic) bond motifs is 1. The van der Waals surface area contributed by atoms with Crippen LogP contribution in [0.2, 0.25) is 0 Å². The Labute approximate surface area is 124 Å². The number of thioether (sulfide) groups is 1. The summed E-state index contributed by atoms with van der Waals surface area (Å²) < 4.78 is 45.7. The molecule has 2 N–H and O–H groups in total. The summed E-state index contributed by atoms with van der Waals surface area (Å²) in [5.41, 5.74) is 5.07. The number of hydrogen-bond donors (Lipinski definition) is 1. The highest BCUT2D eigenvalue weighted by Crippen LogP contribution is 2.46. The van der Waals surface area contributed by atoms with Gasteiger partial charge < -0.3 is 10.5 Å². The van der Waals surface area contributed by atoms with Crippen molar-refractivity contribution in [3.63, 3.8) is 0 Å². The molecule has 0 spiro atoms. The molecular weight excluding hydrogens is 301 g/mol. The molecule has 21 heavy (non-hydrogen) atoms. The van der Waals surface area contributed by atoms with Gasteiger partial charge in [-0.1, -0.05) is 17.8 Å². The summed E-state index contributed by atoms with van der Waals surface area (Å²) in [6, 6.07) is 3.40. The molecule has 3 nitrogen and oxygen atoms in total. The zero-order valence-corrected chi connectivity index (χ0v) is 12.0. The number of benzene rings is 1. The average molecular weight is 316 g/mol. The summed E-state index contributed by atoms with van der Waals surface area (Å²) in [5, 5.41) is 0.345. The molecule has 3 rings (SSSR count). The van der Waals surface area contributed by atoms with E-state index in [-0.39, 0.29) is 18.1 Å². The number of aliphatic imine (C=N–C) groups is 1. The molecule has 114 valence electrons. The molecule has 1 aromatic carbocycles. The molecule has 0 aromatic heterocycles. The van der Waals surface area contributed by atoms with E-state index in [1.165, 1.54) is 23.9 Å². The van der Waals surface area contributed by atoms with Crippen LogP contribution in [0.25, 0.3) is 0 Å². The van der Waals surface area contributed by atoms with E-state index in [0.717, 1.165) is 6.07 Å². The largest absolute Gasteiger partial charge is 0.379 e. The molecule has 1 saturated heterocycles. The van der Waals surface area contributed by atoms with Gasteiger partial charge in [0.15, 0.2) is 5.17 Å². The summed E-state index contributed by atoms with van der Waals surface area (Å²) in [4.78, 5) is 4.41. The van der Waals surface area contributed by atoms with Crippen LogP contribution in [-0.4, -0.2) is 30.3 Å². The van der Waals surface area contributed by atoms with Gasteiger partial charge in [-0.3, -0.25) is 0 Å². The first-order chi connectivity index (χ1) is 10.0. The molecule has 0 bridgehead atoms. The third-order valence-electron chi connectivity index (χ3n) is 4.07. The van der Waals surface area contributed by atoms with Gasteiger partial charge in [-0.15, -0.1) is 0 Å². The summed E-state index contributed by atoms with van der Waals surface area (Å²) in [5.74, 6) is -0.800. The highest BCUT2D eigenvalue weighted by molar-refractivity contribution is 8.13. The molecule has 0 saturated carbocycles. The number of nitrogens with two attached hydrogens (primary N) is 1. The van der Waals surface area contributed by atoms with Gasteiger partial charge >= 0.3 is 0 Å². The first-order valence-electron chi connectivity index (χ1n) is 6.66. The lowest BCUT2D eigenvalue weighted by atomic mass is 9.75. The normalized spacial score (nSPS) is 32.4. The Morgan fingerprint density at radius 1 is 1.43 bits per heavy atom. The van der Waals surface area contributed by atoms with E-state index in [1.54, 1.807) is 0 Å². The molecule has 0 amide bonds. The van der Waals surface area contributed by atoms with Crippen LogP contribution in [0.1, 0.15) is 12.0 Å². The Morgan fingerprint density at radius 3 is 2.95 bits per heavy atom. The fourth-order valence-corrected chi connectivity index (χ4v) is 4.00. The number of rotatable bonds is 2. The van der Waals surface area contributed by atoms with E-state index < -0.39 is 30.0 Å². The second-order valence-corrected chi connectivity index (χ2v) is 6.37. The zero-order valence-electron chi connectivity index (χ0n) is 11.2. The number of halogens is 3. The van der Waals surface area contributed by atoms with Crippen LogP contribution in [0.15, 0.2) is 23.2 Å². The molecule has 3 unspecified atom stereocenters. The Morgan fingerprint density at radius 2 is 2.24 bits per heavy atom. The number of ether oxygens (including phenoxy) is 1. The van der Waals surface area contributed by atoms with Crippen molar-refractivity contribution in [3.05, 3.63) is 35.4 Å². The van der Waals surface area contributed by atoms with Gasteiger partial charge in [0.05, 0.1) is 12.7 Å². The smallest absolute Gasteiger partial charge is 0.154 e. The van der Waals surface area contributed by atoms with Gasteiger partial charge in [0, 0.05) is 23.3 Å². The molecule has 1 fully saturated rings. The van der Waals surface area contributed by atoms with Crippen molar-refractivity contribution in [2.75, 3.05) is 19.0 Å². The minimum absolute atomic E-state index is 0.0517. The molecule has 0 radical (unpaired) electrons. The van der Waals surface area contributed by atoms with E-state index >= 15 is 0 Å². The standard InChI is InChI=1S/C14H15F3N2OS/c15-5-10-3-8-6-21-13(18)19-14(8,7-20-10)11-2-1-9(16)4-12(11)17/h1-2,4,8,10H,3,5-7H2,(H2,18,19). The van der Waals surface area contributed by atoms with Crippen LogP contribution < -0.4 is 5.73 Å². The molecule has 0 aliphatic carbocycles. The monoisotopic (exact) mass is 316 g/mol. The molecule has 2 aliphatic rings. The number of alkyl halides is 1. The number of amidine groups is 1. The summed E-state index contributed by atoms with van der Waals surface area (Å²) in [6.07, 6.45) is -0.0568. The van der Waals surface area contributed by atoms with Gasteiger partial charge in [-0.25, -0.2) is 18.2 Å². The van der Waals surface area contributed by atoms with Crippen LogP contribution in [0.5, 0.6) is 0 Å². The summed E-state index contributed by atoms with van der Waals surface area (Å²) in [6.45, 7) is -0.529. The Bertz CT molecular complexity index is 583. The minimum Gasteiger partial charge on any atom is -0.379 e. The van der Waals surface area contributed by atoms with Crippen molar-refractivity contribution in [1.29, 1.82) is 0 Å². The maximum absolute atomic E-state index is 14.2. The van der Waals surface area contributed by atoms with E-state index in [1.807, 2.05) is 0 Å². The molecule has 2 heterocycles. The fourth-order valence-electron chi connectivity index (χ4n) is 2.99. The Kier molecular flexibility index (Phi) is 3.88. The van der Waals surface area contributed by atoms with Crippen LogP contribution in [-0.2, 0) is 10.3 Å². The van der Waals surface area contributed by atoms with Crippen LogP contribution >= 0.6 is 11.8 Å². The van der Waals surface area contributed by atoms with Gasteiger partial charge in [-0.05, 0) is 12.5 Å². The third kappa shape index (κ3) is 2.53. The second-order valence-electron chi connectivity index (χ2n) is 5.33. The quantitative estimate of drug-likeness (QED) is 0.912. The highest BCUT2D eigenvalue weighted by Gasteiger charge is 2.49. The SMILES string of the molecule is NC1=NC2(c3ccc(F)cc3F)COC(CF)CC2CS1. The van der Waals surface area contributed by atoms with E-state index in [0.29, 0.717) is 17.3 Å². The lowest BCUT2D eigenvalue weighted by Crippen LogP contribution is -2.50. The van der Waals surface area contributed by atoms with Crippen molar-refractivity contribution in [2.24, 2.45) is 16.6 Å². The van der Waals surface area contributed by atoms with Crippen LogP contribution in [0.4, 0.5) is 13.2 Å². The third-order valence-corrected chi connectivity index (χ3v) is 5.03. The van der Waals surface area contributed by atoms with Crippen LogP contribution in [0, 0.1) is 17.6 Å². The van der Waals surface area contributed by atoms with Gasteiger partial charge in [0.25, 0.3) is 0 Å². The van der Waals surface area contributed by atoms with Crippen molar-refractivity contribution in [3.8, 4) is 0 Å². The van der Waals surface area contributed by atoms with Crippen molar-refractivity contribution >= 4 is 16.9 Å². The fraction of sp³-hybridized carbons (Fsp3) is 0.500. The van der Waals surface area contributed by atoms with E-state index in [9.17, 15) is 13.2 Å². The van der Waals surface area contributed by atoms with Gasteiger partial charge in [0.2, 0.25) is 0 Å². The highest BCUT2D eigenvalue weighted by atomic mass is 32.2. The second kappa shape index (κ2) is 5.53. The van der Waals surface area contributed by atoms with Gasteiger partial charge in [-0.2, -0.15) is 0 Å². The predicted octanol–water partition coefficient (Wildman–Crippen LogP) is 2.60. The predicted molar refractivity (Wildman–Crippen MR) is 75.9 cm³/mol. The summed E-state index contributed by atoms with van der Waals surface area (Å²) >= 11 is 1.37. The first-order valence-corrected chi connectivity index (χ1v) is 7.65. The first kappa shape index (κ1) is 14.7. The van der Waals surface area contributed by atoms with E-state index in [2.05, 4.69) is 4.99 Å².